The number of imide groups is 1. The van der Waals surface area contributed by atoms with Crippen molar-refractivity contribution in [2.75, 3.05) is 0 Å². The second kappa shape index (κ2) is 9.36. The average molecular weight is 521 g/mol. The number of piperidine rings is 1. The van der Waals surface area contributed by atoms with Gasteiger partial charge < -0.3 is 15.0 Å². The molecule has 2 atom stereocenters. The number of carbonyl (C=O) groups excluding carboxylic acids is 4. The van der Waals surface area contributed by atoms with Crippen molar-refractivity contribution in [2.24, 2.45) is 0 Å². The van der Waals surface area contributed by atoms with E-state index in [1.807, 2.05) is 5.32 Å². The lowest BCUT2D eigenvalue weighted by molar-refractivity contribution is -0.148. The molecule has 0 aromatic heterocycles. The molecular formula is C22H12B6ClF2N3O4. The summed E-state index contributed by atoms with van der Waals surface area (Å²) in [5.41, 5.74) is -0.343. The number of hydrogen-bond donors (Lipinski definition) is 1. The molecule has 0 saturated carbocycles. The van der Waals surface area contributed by atoms with Gasteiger partial charge >= 0.3 is 5.92 Å². The molecule has 2 aromatic carbocycles. The van der Waals surface area contributed by atoms with Gasteiger partial charge in [-0.05, 0) is 40.5 Å². The van der Waals surface area contributed by atoms with Crippen molar-refractivity contribution >= 4 is 82.4 Å². The summed E-state index contributed by atoms with van der Waals surface area (Å²) in [6.45, 7) is -0.270. The third-order valence-electron chi connectivity index (χ3n) is 6.53. The normalized spacial score (nSPS) is 21.4. The number of nitrogens with one attached hydrogen (secondary N) is 1. The summed E-state index contributed by atoms with van der Waals surface area (Å²) in [6.07, 6.45) is 0. The van der Waals surface area contributed by atoms with Gasteiger partial charge in [-0.2, -0.15) is 8.78 Å². The molecule has 1 saturated heterocycles. The van der Waals surface area contributed by atoms with Crippen LogP contribution in [0, 0.1) is 0 Å². The van der Waals surface area contributed by atoms with Crippen LogP contribution in [0.3, 0.4) is 0 Å². The first-order valence-electron chi connectivity index (χ1n) is 10.9. The van der Waals surface area contributed by atoms with Gasteiger partial charge in [0, 0.05) is 22.7 Å². The zero-order chi connectivity index (χ0) is 28.4. The quantitative estimate of drug-likeness (QED) is 0.440. The maximum atomic E-state index is 14.7. The number of amides is 4. The minimum atomic E-state index is -4.00. The molecule has 4 rings (SSSR count). The lowest BCUT2D eigenvalue weighted by Crippen LogP contribution is -2.63. The van der Waals surface area contributed by atoms with Gasteiger partial charge in [0.2, 0.25) is 19.8 Å². The van der Waals surface area contributed by atoms with Gasteiger partial charge in [0.1, 0.15) is 6.04 Å². The lowest BCUT2D eigenvalue weighted by Gasteiger charge is -2.49. The Bertz CT molecular complexity index is 1360. The molecular weight excluding hydrogens is 509 g/mol. The molecule has 12 radical (unpaired) electrons. The Kier molecular flexibility index (Phi) is 6.92. The van der Waals surface area contributed by atoms with Gasteiger partial charge in [0.15, 0.2) is 0 Å². The number of hydrogen-bond acceptors (Lipinski definition) is 4. The minimum Gasteiger partial charge on any atom is -0.358 e. The van der Waals surface area contributed by atoms with Crippen molar-refractivity contribution in [2.45, 2.75) is 34.9 Å². The van der Waals surface area contributed by atoms with E-state index in [0.717, 1.165) is 17.0 Å². The van der Waals surface area contributed by atoms with Crippen LogP contribution in [0.1, 0.15) is 27.0 Å². The first-order chi connectivity index (χ1) is 17.5. The number of fused-ring (bicyclic) bond motifs is 1. The maximum absolute atomic E-state index is 14.7. The molecule has 7 nitrogen and oxygen atoms in total. The second-order valence-electron chi connectivity index (χ2n) is 9.14. The molecule has 2 heterocycles. The predicted molar refractivity (Wildman–Crippen MR) is 138 cm³/mol. The average Bonchev–Trinajstić information content (AvgIpc) is 3.16. The van der Waals surface area contributed by atoms with Gasteiger partial charge in [-0.3, -0.25) is 19.2 Å². The Morgan fingerprint density at radius 3 is 2.21 bits per heavy atom. The highest BCUT2D eigenvalue weighted by Gasteiger charge is 2.53. The topological polar surface area (TPSA) is 86.8 Å². The first-order valence-corrected chi connectivity index (χ1v) is 11.3. The zero-order valence-corrected chi connectivity index (χ0v) is 20.3. The van der Waals surface area contributed by atoms with Gasteiger partial charge in [-0.25, -0.2) is 0 Å². The zero-order valence-electron chi connectivity index (χ0n) is 19.5. The largest absolute Gasteiger partial charge is 0.358 e. The molecule has 2 aliphatic heterocycles. The van der Waals surface area contributed by atoms with Crippen molar-refractivity contribution < 1.29 is 28.0 Å². The molecule has 1 fully saturated rings. The third-order valence-corrected chi connectivity index (χ3v) is 6.78. The minimum absolute atomic E-state index is 0.0415. The standard InChI is InChI=1S/C22H12B6ClF2N3O4/c23-14-17(36)34(28)18(37)15(20(14,24)25)33-8-9-7-11(3-6-13(9)16(33)35)22(26,27)32-19(38)21(30,31)10-1-4-12(29)5-2-10/h1-7,14-15H,8H2,(H,32,38). The summed E-state index contributed by atoms with van der Waals surface area (Å²) in [4.78, 5) is 51.6. The maximum Gasteiger partial charge on any atom is 0.349 e. The number of halogens is 3. The smallest absolute Gasteiger partial charge is 0.349 e. The molecule has 178 valence electrons. The van der Waals surface area contributed by atoms with E-state index in [1.54, 1.807) is 0 Å². The number of carbonyl (C=O) groups is 4. The van der Waals surface area contributed by atoms with E-state index < -0.39 is 57.5 Å². The molecule has 0 aliphatic carbocycles. The fraction of sp³-hybridized carbons (Fsp3) is 0.273. The van der Waals surface area contributed by atoms with Gasteiger partial charge in [-0.15, -0.1) is 0 Å². The van der Waals surface area contributed by atoms with E-state index in [1.165, 1.54) is 30.3 Å². The fourth-order valence-electron chi connectivity index (χ4n) is 4.33. The molecule has 2 unspecified atom stereocenters. The SMILES string of the molecule is [B]C1C(=O)N([B])C(=O)C(N2Cc3cc(C([B])([B])NC(=O)C(F)(F)c4ccc(Cl)cc4)ccc3C2=O)C1([B])[B]. The monoisotopic (exact) mass is 521 g/mol. The molecule has 0 bridgehead atoms. The van der Waals surface area contributed by atoms with Crippen LogP contribution >= 0.6 is 11.6 Å². The first kappa shape index (κ1) is 28.1. The van der Waals surface area contributed by atoms with Crippen LogP contribution in [0.15, 0.2) is 42.5 Å². The second-order valence-corrected chi connectivity index (χ2v) is 9.57. The summed E-state index contributed by atoms with van der Waals surface area (Å²) in [7, 11) is 35.3. The Morgan fingerprint density at radius 2 is 1.61 bits per heavy atom. The van der Waals surface area contributed by atoms with Crippen LogP contribution in [0.2, 0.25) is 16.1 Å². The fourth-order valence-corrected chi connectivity index (χ4v) is 4.46. The predicted octanol–water partition coefficient (Wildman–Crippen LogP) is -0.118. The molecule has 38 heavy (non-hydrogen) atoms. The number of rotatable bonds is 5. The van der Waals surface area contributed by atoms with Gasteiger partial charge in [0.05, 0.1) is 39.2 Å². The van der Waals surface area contributed by atoms with E-state index >= 15 is 0 Å². The van der Waals surface area contributed by atoms with Crippen LogP contribution in [0.4, 0.5) is 8.78 Å². The van der Waals surface area contributed by atoms with Crippen molar-refractivity contribution in [3.63, 3.8) is 0 Å². The van der Waals surface area contributed by atoms with Crippen LogP contribution in [-0.4, -0.2) is 86.6 Å². The summed E-state index contributed by atoms with van der Waals surface area (Å²) in [5.74, 6) is -10.2. The van der Waals surface area contributed by atoms with E-state index in [0.29, 0.717) is 0 Å². The van der Waals surface area contributed by atoms with E-state index in [9.17, 15) is 28.0 Å². The highest BCUT2D eigenvalue weighted by atomic mass is 35.5. The molecule has 1 N–H and O–H groups in total. The van der Waals surface area contributed by atoms with Crippen molar-refractivity contribution in [3.05, 3.63) is 69.7 Å². The van der Waals surface area contributed by atoms with E-state index in [4.69, 9.17) is 58.8 Å². The molecule has 2 aliphatic rings. The highest BCUT2D eigenvalue weighted by Crippen LogP contribution is 2.45. The molecule has 0 spiro atoms. The van der Waals surface area contributed by atoms with Crippen molar-refractivity contribution in [1.29, 1.82) is 0 Å². The Hall–Kier alpha value is -2.94. The number of alkyl halides is 2. The summed E-state index contributed by atoms with van der Waals surface area (Å²) < 4.78 is 29.5. The molecule has 4 amide bonds. The number of benzene rings is 2. The van der Waals surface area contributed by atoms with E-state index in [2.05, 4.69) is 0 Å². The van der Waals surface area contributed by atoms with Gasteiger partial charge in [-0.1, -0.05) is 41.1 Å². The lowest BCUT2D eigenvalue weighted by atomic mass is 9.38. The Labute approximate surface area is 229 Å². The summed E-state index contributed by atoms with van der Waals surface area (Å²) in [5, 5.41) is -2.35. The Morgan fingerprint density at radius 1 is 1.03 bits per heavy atom. The van der Waals surface area contributed by atoms with Crippen LogP contribution < -0.4 is 5.32 Å². The van der Waals surface area contributed by atoms with Crippen LogP contribution in [0.5, 0.6) is 0 Å². The highest BCUT2D eigenvalue weighted by molar-refractivity contribution is 6.52. The number of nitrogens with zero attached hydrogens (tertiary/aromatic N) is 2. The van der Waals surface area contributed by atoms with Gasteiger partial charge in [0.25, 0.3) is 11.8 Å². The van der Waals surface area contributed by atoms with Crippen molar-refractivity contribution in [1.82, 2.24) is 15.0 Å². The molecule has 2 aromatic rings. The van der Waals surface area contributed by atoms with Crippen molar-refractivity contribution in [3.8, 4) is 0 Å². The Balaban J connectivity index is 1.59. The third kappa shape index (κ3) is 4.48. The van der Waals surface area contributed by atoms with Crippen LogP contribution in [-0.2, 0) is 32.2 Å². The summed E-state index contributed by atoms with van der Waals surface area (Å²) in [6, 6.07) is 6.56. The van der Waals surface area contributed by atoms with Crippen LogP contribution in [0.25, 0.3) is 0 Å². The molecule has 16 heteroatoms. The summed E-state index contributed by atoms with van der Waals surface area (Å²) >= 11 is 5.71. The van der Waals surface area contributed by atoms with E-state index in [-0.39, 0.29) is 33.1 Å².